The molecule has 0 saturated heterocycles. The number of fused-ring (bicyclic) bond motifs is 3. The summed E-state index contributed by atoms with van der Waals surface area (Å²) in [6.07, 6.45) is 3.25. The van der Waals surface area contributed by atoms with Crippen molar-refractivity contribution < 1.29 is 9.53 Å². The van der Waals surface area contributed by atoms with Gasteiger partial charge in [-0.25, -0.2) is 9.48 Å². The van der Waals surface area contributed by atoms with E-state index in [9.17, 15) is 4.79 Å². The lowest BCUT2D eigenvalue weighted by Crippen LogP contribution is -2.37. The molecule has 30 heavy (non-hydrogen) atoms. The lowest BCUT2D eigenvalue weighted by Gasteiger charge is -2.31. The number of aromatic nitrogens is 3. The maximum absolute atomic E-state index is 12.5. The van der Waals surface area contributed by atoms with Gasteiger partial charge in [0, 0.05) is 12.0 Å². The van der Waals surface area contributed by atoms with Crippen LogP contribution in [0.4, 0.5) is 4.79 Å². The number of nitrogens with one attached hydrogen (secondary N) is 1. The first-order valence-corrected chi connectivity index (χ1v) is 10.4. The number of hydrogen-bond donors (Lipinski definition) is 2. The molecule has 1 heterocycles. The summed E-state index contributed by atoms with van der Waals surface area (Å²) in [5.41, 5.74) is 11.4. The number of alkyl carbamates (subject to hydrolysis) is 1. The minimum atomic E-state index is -0.454. The Morgan fingerprint density at radius 2 is 1.80 bits per heavy atom. The lowest BCUT2D eigenvalue weighted by atomic mass is 9.88. The van der Waals surface area contributed by atoms with E-state index in [1.54, 1.807) is 0 Å². The third-order valence-corrected chi connectivity index (χ3v) is 6.17. The average Bonchev–Trinajstić information content (AvgIpc) is 3.33. The Morgan fingerprint density at radius 3 is 2.43 bits per heavy atom. The van der Waals surface area contributed by atoms with E-state index in [1.807, 2.05) is 42.1 Å². The number of benzene rings is 2. The van der Waals surface area contributed by atoms with E-state index < -0.39 is 6.09 Å². The summed E-state index contributed by atoms with van der Waals surface area (Å²) in [5, 5.41) is 11.2. The normalized spacial score (nSPS) is 20.7. The molecule has 0 spiro atoms. The summed E-state index contributed by atoms with van der Waals surface area (Å²) in [7, 11) is 0. The molecule has 1 atom stereocenters. The maximum Gasteiger partial charge on any atom is 0.407 e. The van der Waals surface area contributed by atoms with Gasteiger partial charge in [-0.1, -0.05) is 53.7 Å². The van der Waals surface area contributed by atoms with Crippen LogP contribution in [0.25, 0.3) is 11.1 Å². The monoisotopic (exact) mass is 403 g/mol. The number of rotatable bonds is 5. The first-order chi connectivity index (χ1) is 14.6. The molecule has 1 unspecified atom stereocenters. The molecule has 2 aliphatic rings. The van der Waals surface area contributed by atoms with E-state index in [2.05, 4.69) is 39.9 Å². The highest BCUT2D eigenvalue weighted by molar-refractivity contribution is 5.79. The van der Waals surface area contributed by atoms with E-state index >= 15 is 0 Å². The van der Waals surface area contributed by atoms with Gasteiger partial charge in [0.15, 0.2) is 0 Å². The molecule has 0 radical (unpaired) electrons. The number of nitrogens with two attached hydrogens (primary N) is 1. The summed E-state index contributed by atoms with van der Waals surface area (Å²) in [6, 6.07) is 16.8. The first-order valence-electron chi connectivity index (χ1n) is 10.4. The van der Waals surface area contributed by atoms with Gasteiger partial charge in [0.1, 0.15) is 12.3 Å². The molecule has 7 heteroatoms. The van der Waals surface area contributed by atoms with Crippen molar-refractivity contribution in [3.63, 3.8) is 0 Å². The number of carbonyl (C=O) groups excluding carboxylic acids is 1. The molecule has 154 valence electrons. The minimum absolute atomic E-state index is 0.0437. The fourth-order valence-electron chi connectivity index (χ4n) is 4.40. The molecular weight excluding hydrogens is 378 g/mol. The number of hydrogen-bond acceptors (Lipinski definition) is 5. The third-order valence-electron chi connectivity index (χ3n) is 6.17. The topological polar surface area (TPSA) is 95.1 Å². The Balaban J connectivity index is 1.22. The van der Waals surface area contributed by atoms with Gasteiger partial charge in [0.05, 0.1) is 18.3 Å². The summed E-state index contributed by atoms with van der Waals surface area (Å²) < 4.78 is 7.45. The Labute approximate surface area is 175 Å². The van der Waals surface area contributed by atoms with Crippen LogP contribution in [0, 0.1) is 0 Å². The number of amides is 1. The summed E-state index contributed by atoms with van der Waals surface area (Å²) in [4.78, 5) is 12.5. The van der Waals surface area contributed by atoms with Crippen LogP contribution in [-0.2, 0) is 4.74 Å². The molecule has 1 saturated carbocycles. The zero-order valence-corrected chi connectivity index (χ0v) is 16.9. The van der Waals surface area contributed by atoms with Gasteiger partial charge in [0.2, 0.25) is 0 Å². The molecule has 2 aliphatic carbocycles. The van der Waals surface area contributed by atoms with E-state index in [0.717, 1.165) is 12.8 Å². The Kier molecular flexibility index (Phi) is 4.75. The predicted octanol–water partition coefficient (Wildman–Crippen LogP) is 3.54. The SMILES string of the molecule is CC(NC(=O)OCC1c2ccccc2-c2ccccc21)c1cn(C2CC(N)C2)nn1. The summed E-state index contributed by atoms with van der Waals surface area (Å²) in [5.74, 6) is 0.0437. The second-order valence-electron chi connectivity index (χ2n) is 8.20. The Bertz CT molecular complexity index is 1030. The molecule has 1 amide bonds. The van der Waals surface area contributed by atoms with Crippen LogP contribution < -0.4 is 11.1 Å². The average molecular weight is 403 g/mol. The molecule has 1 fully saturated rings. The van der Waals surface area contributed by atoms with Gasteiger partial charge in [-0.05, 0) is 42.0 Å². The second-order valence-corrected chi connectivity index (χ2v) is 8.20. The Hall–Kier alpha value is -3.19. The van der Waals surface area contributed by atoms with Crippen molar-refractivity contribution in [3.8, 4) is 11.1 Å². The van der Waals surface area contributed by atoms with E-state index in [4.69, 9.17) is 10.5 Å². The van der Waals surface area contributed by atoms with Crippen molar-refractivity contribution >= 4 is 6.09 Å². The predicted molar refractivity (Wildman–Crippen MR) is 113 cm³/mol. The molecular formula is C23H25N5O2. The molecule has 3 N–H and O–H groups in total. The molecule has 5 rings (SSSR count). The highest BCUT2D eigenvalue weighted by atomic mass is 16.5. The van der Waals surface area contributed by atoms with Crippen LogP contribution in [0.3, 0.4) is 0 Å². The van der Waals surface area contributed by atoms with Gasteiger partial charge in [-0.15, -0.1) is 5.10 Å². The van der Waals surface area contributed by atoms with Gasteiger partial charge < -0.3 is 15.8 Å². The van der Waals surface area contributed by atoms with Crippen molar-refractivity contribution in [1.82, 2.24) is 20.3 Å². The third kappa shape index (κ3) is 3.35. The van der Waals surface area contributed by atoms with E-state index in [1.165, 1.54) is 22.3 Å². The smallest absolute Gasteiger partial charge is 0.407 e. The fourth-order valence-corrected chi connectivity index (χ4v) is 4.40. The van der Waals surface area contributed by atoms with Gasteiger partial charge in [-0.2, -0.15) is 0 Å². The van der Waals surface area contributed by atoms with Gasteiger partial charge >= 0.3 is 6.09 Å². The molecule has 0 bridgehead atoms. The molecule has 1 aromatic heterocycles. The maximum atomic E-state index is 12.5. The minimum Gasteiger partial charge on any atom is -0.449 e. The first kappa shape index (κ1) is 18.8. The molecule has 2 aromatic carbocycles. The van der Waals surface area contributed by atoms with Crippen LogP contribution >= 0.6 is 0 Å². The number of ether oxygens (including phenoxy) is 1. The van der Waals surface area contributed by atoms with Crippen molar-refractivity contribution in [3.05, 3.63) is 71.5 Å². The number of carbonyl (C=O) groups is 1. The van der Waals surface area contributed by atoms with Crippen molar-refractivity contribution in [2.45, 2.75) is 43.8 Å². The van der Waals surface area contributed by atoms with Crippen LogP contribution in [0.5, 0.6) is 0 Å². The van der Waals surface area contributed by atoms with Crippen molar-refractivity contribution in [2.75, 3.05) is 6.61 Å². The summed E-state index contributed by atoms with van der Waals surface area (Å²) >= 11 is 0. The van der Waals surface area contributed by atoms with Crippen LogP contribution in [0.15, 0.2) is 54.7 Å². The highest BCUT2D eigenvalue weighted by Crippen LogP contribution is 2.44. The highest BCUT2D eigenvalue weighted by Gasteiger charge is 2.30. The van der Waals surface area contributed by atoms with Crippen molar-refractivity contribution in [1.29, 1.82) is 0 Å². The van der Waals surface area contributed by atoms with Crippen LogP contribution in [0.2, 0.25) is 0 Å². The number of nitrogens with zero attached hydrogens (tertiary/aromatic N) is 3. The second kappa shape index (κ2) is 7.57. The lowest BCUT2D eigenvalue weighted by molar-refractivity contribution is 0.139. The molecule has 7 nitrogen and oxygen atoms in total. The van der Waals surface area contributed by atoms with Gasteiger partial charge in [-0.3, -0.25) is 0 Å². The molecule has 3 aromatic rings. The quantitative estimate of drug-likeness (QED) is 0.679. The fraction of sp³-hybridized carbons (Fsp3) is 0.348. The van der Waals surface area contributed by atoms with E-state index in [0.29, 0.717) is 18.3 Å². The zero-order chi connectivity index (χ0) is 20.7. The van der Waals surface area contributed by atoms with Gasteiger partial charge in [0.25, 0.3) is 0 Å². The Morgan fingerprint density at radius 1 is 1.17 bits per heavy atom. The molecule has 0 aliphatic heterocycles. The van der Waals surface area contributed by atoms with E-state index in [-0.39, 0.29) is 18.0 Å². The zero-order valence-electron chi connectivity index (χ0n) is 16.9. The van der Waals surface area contributed by atoms with Crippen molar-refractivity contribution in [2.24, 2.45) is 5.73 Å². The van der Waals surface area contributed by atoms with Crippen LogP contribution in [0.1, 0.15) is 54.6 Å². The summed E-state index contributed by atoms with van der Waals surface area (Å²) in [6.45, 7) is 2.17. The standard InChI is InChI=1S/C23H25N5O2/c1-14(22-12-28(27-26-22)16-10-15(24)11-16)25-23(29)30-13-21-19-8-4-2-6-17(19)18-7-3-5-9-20(18)21/h2-9,12,14-16,21H,10-11,13,24H2,1H3,(H,25,29). The largest absolute Gasteiger partial charge is 0.449 e. The van der Waals surface area contributed by atoms with Crippen LogP contribution in [-0.4, -0.2) is 33.7 Å².